The van der Waals surface area contributed by atoms with Crippen LogP contribution in [0.25, 0.3) is 5.57 Å². The van der Waals surface area contributed by atoms with Crippen molar-refractivity contribution >= 4 is 23.2 Å². The van der Waals surface area contributed by atoms with Crippen molar-refractivity contribution < 1.29 is 0 Å². The Bertz CT molecular complexity index is 389. The zero-order valence-corrected chi connectivity index (χ0v) is 9.10. The highest BCUT2D eigenvalue weighted by atomic mass is 32.2. The third-order valence-electron chi connectivity index (χ3n) is 2.34. The fourth-order valence-corrected chi connectivity index (χ4v) is 2.26. The average molecular weight is 203 g/mol. The fourth-order valence-electron chi connectivity index (χ4n) is 1.61. The number of fused-ring (bicyclic) bond motifs is 1. The van der Waals surface area contributed by atoms with Gasteiger partial charge in [0.05, 0.1) is 5.88 Å². The van der Waals surface area contributed by atoms with Crippen LogP contribution < -0.4 is 0 Å². The third kappa shape index (κ3) is 2.09. The largest absolute Gasteiger partial charge is 0.232 e. The Kier molecular flexibility index (Phi) is 3.07. The number of hydrogen-bond donors (Lipinski definition) is 0. The Labute approximate surface area is 88.9 Å². The molecule has 0 spiro atoms. The van der Waals surface area contributed by atoms with Crippen LogP contribution in [0.5, 0.6) is 0 Å². The highest BCUT2D eigenvalue weighted by Crippen LogP contribution is 2.19. The first-order valence-corrected chi connectivity index (χ1v) is 5.95. The number of thioether (sulfide) groups is 1. The number of aliphatic imine (C=N–C) groups is 1. The fraction of sp³-hybridized carbons (Fsp3) is 0.333. The van der Waals surface area contributed by atoms with Crippen molar-refractivity contribution in [3.63, 3.8) is 0 Å². The summed E-state index contributed by atoms with van der Waals surface area (Å²) in [5.74, 6) is 5.09. The number of nitrogens with zero attached hydrogens (tertiary/aromatic N) is 1. The van der Waals surface area contributed by atoms with Gasteiger partial charge in [-0.3, -0.25) is 0 Å². The highest BCUT2D eigenvalue weighted by molar-refractivity contribution is 7.99. The second-order valence-corrected chi connectivity index (χ2v) is 4.41. The van der Waals surface area contributed by atoms with Gasteiger partial charge in [0.25, 0.3) is 0 Å². The van der Waals surface area contributed by atoms with E-state index in [1.54, 1.807) is 0 Å². The zero-order valence-electron chi connectivity index (χ0n) is 8.29. The number of hydrogen-bond acceptors (Lipinski definition) is 2. The summed E-state index contributed by atoms with van der Waals surface area (Å²) in [6.45, 7) is 2.08. The normalized spacial score (nSPS) is 16.2. The van der Waals surface area contributed by atoms with Crippen LogP contribution in [-0.4, -0.2) is 17.5 Å². The Balaban J connectivity index is 2.49. The average Bonchev–Trinajstić information content (AvgIpc) is 2.30. The van der Waals surface area contributed by atoms with Gasteiger partial charge < -0.3 is 0 Å². The van der Waals surface area contributed by atoms with E-state index < -0.39 is 0 Å². The first kappa shape index (κ1) is 9.57. The van der Waals surface area contributed by atoms with E-state index in [2.05, 4.69) is 42.1 Å². The van der Waals surface area contributed by atoms with Gasteiger partial charge in [0.15, 0.2) is 0 Å². The van der Waals surface area contributed by atoms with Crippen LogP contribution >= 0.6 is 11.8 Å². The van der Waals surface area contributed by atoms with E-state index >= 15 is 0 Å². The van der Waals surface area contributed by atoms with Crippen molar-refractivity contribution in [2.75, 3.05) is 11.6 Å². The summed E-state index contributed by atoms with van der Waals surface area (Å²) in [5.41, 5.74) is 3.88. The van der Waals surface area contributed by atoms with Crippen LogP contribution in [0.4, 0.5) is 0 Å². The summed E-state index contributed by atoms with van der Waals surface area (Å²) in [5, 5.41) is 0. The maximum atomic E-state index is 4.25. The van der Waals surface area contributed by atoms with Crippen LogP contribution in [0.1, 0.15) is 18.1 Å². The molecule has 0 unspecified atom stereocenters. The second-order valence-electron chi connectivity index (χ2n) is 3.34. The predicted molar refractivity (Wildman–Crippen MR) is 64.0 cm³/mol. The molecule has 14 heavy (non-hydrogen) atoms. The number of rotatable bonds is 0. The lowest BCUT2D eigenvalue weighted by Gasteiger charge is -2.06. The summed E-state index contributed by atoms with van der Waals surface area (Å²) in [7, 11) is 0. The summed E-state index contributed by atoms with van der Waals surface area (Å²) in [4.78, 5) is 4.25. The molecule has 0 fully saturated rings. The minimum Gasteiger partial charge on any atom is -0.232 e. The lowest BCUT2D eigenvalue weighted by Crippen LogP contribution is -1.93. The van der Waals surface area contributed by atoms with Crippen LogP contribution in [-0.2, 0) is 6.42 Å². The van der Waals surface area contributed by atoms with E-state index in [0.29, 0.717) is 0 Å². The van der Waals surface area contributed by atoms with E-state index in [4.69, 9.17) is 0 Å². The molecule has 0 saturated heterocycles. The molecule has 1 nitrogen and oxygen atoms in total. The van der Waals surface area contributed by atoms with Crippen molar-refractivity contribution in [3.05, 3.63) is 35.4 Å². The van der Waals surface area contributed by atoms with Gasteiger partial charge in [-0.1, -0.05) is 24.3 Å². The molecular formula is C12H13NS. The Morgan fingerprint density at radius 1 is 1.36 bits per heavy atom. The standard InChI is InChI=1S/C12H13NS/c1-10-8-13-9-14-7-6-11-4-2-3-5-12(10)11/h2-5H,6-7,9H2,1H3. The molecule has 1 aliphatic rings. The van der Waals surface area contributed by atoms with Gasteiger partial charge in [0.1, 0.15) is 0 Å². The molecule has 2 heteroatoms. The van der Waals surface area contributed by atoms with Crippen molar-refractivity contribution in [3.8, 4) is 0 Å². The molecule has 1 aliphatic heterocycles. The summed E-state index contributed by atoms with van der Waals surface area (Å²) < 4.78 is 0. The predicted octanol–water partition coefficient (Wildman–Crippen LogP) is 3.01. The van der Waals surface area contributed by atoms with Crippen LogP contribution in [0.2, 0.25) is 0 Å². The van der Waals surface area contributed by atoms with Gasteiger partial charge in [-0.2, -0.15) is 0 Å². The summed E-state index contributed by atoms with van der Waals surface area (Å²) in [6.07, 6.45) is 1.13. The number of allylic oxidation sites excluding steroid dienone is 1. The molecule has 0 atom stereocenters. The lowest BCUT2D eigenvalue weighted by atomic mass is 10.0. The number of benzene rings is 1. The maximum Gasteiger partial charge on any atom is 0.0938 e. The molecular weight excluding hydrogens is 190 g/mol. The van der Waals surface area contributed by atoms with Gasteiger partial charge in [-0.25, -0.2) is 4.99 Å². The summed E-state index contributed by atoms with van der Waals surface area (Å²) in [6, 6.07) is 8.54. The Morgan fingerprint density at radius 2 is 2.21 bits per heavy atom. The monoisotopic (exact) mass is 203 g/mol. The molecule has 0 N–H and O–H groups in total. The first-order valence-electron chi connectivity index (χ1n) is 4.80. The van der Waals surface area contributed by atoms with Gasteiger partial charge >= 0.3 is 0 Å². The summed E-state index contributed by atoms with van der Waals surface area (Å²) >= 11 is 1.87. The molecule has 0 aliphatic carbocycles. The van der Waals surface area contributed by atoms with Crippen molar-refractivity contribution in [1.29, 1.82) is 0 Å². The van der Waals surface area contributed by atoms with Crippen molar-refractivity contribution in [1.82, 2.24) is 0 Å². The van der Waals surface area contributed by atoms with Crippen molar-refractivity contribution in [2.24, 2.45) is 4.99 Å². The van der Waals surface area contributed by atoms with Gasteiger partial charge in [0, 0.05) is 5.57 Å². The molecule has 2 rings (SSSR count). The molecule has 0 radical (unpaired) electrons. The van der Waals surface area contributed by atoms with Crippen LogP contribution in [0.3, 0.4) is 0 Å². The zero-order chi connectivity index (χ0) is 9.80. The topological polar surface area (TPSA) is 12.4 Å². The minimum atomic E-state index is 0.839. The van der Waals surface area contributed by atoms with E-state index in [1.807, 2.05) is 11.8 Å². The first-order chi connectivity index (χ1) is 6.88. The van der Waals surface area contributed by atoms with Gasteiger partial charge in [-0.15, -0.1) is 11.8 Å². The quantitative estimate of drug-likeness (QED) is 0.631. The molecule has 0 aromatic heterocycles. The van der Waals surface area contributed by atoms with E-state index in [1.165, 1.54) is 11.1 Å². The van der Waals surface area contributed by atoms with Gasteiger partial charge in [0.2, 0.25) is 0 Å². The number of aryl methyl sites for hydroxylation is 1. The van der Waals surface area contributed by atoms with E-state index in [-0.39, 0.29) is 0 Å². The van der Waals surface area contributed by atoms with E-state index in [9.17, 15) is 0 Å². The SMILES string of the molecule is CC1=C=NCSCCc2ccccc21. The van der Waals surface area contributed by atoms with Crippen molar-refractivity contribution in [2.45, 2.75) is 13.3 Å². The molecule has 1 aromatic rings. The molecule has 0 bridgehead atoms. The highest BCUT2D eigenvalue weighted by Gasteiger charge is 2.04. The molecule has 1 heterocycles. The minimum absolute atomic E-state index is 0.839. The van der Waals surface area contributed by atoms with Crippen LogP contribution in [0.15, 0.2) is 29.3 Å². The maximum absolute atomic E-state index is 4.25. The third-order valence-corrected chi connectivity index (χ3v) is 3.14. The smallest absolute Gasteiger partial charge is 0.0938 e. The molecule has 0 saturated carbocycles. The van der Waals surface area contributed by atoms with Gasteiger partial charge in [-0.05, 0) is 36.1 Å². The molecule has 0 amide bonds. The Hall–Kier alpha value is -0.980. The lowest BCUT2D eigenvalue weighted by molar-refractivity contribution is 1.14. The molecule has 72 valence electrons. The second kappa shape index (κ2) is 4.50. The Morgan fingerprint density at radius 3 is 3.14 bits per heavy atom. The van der Waals surface area contributed by atoms with Crippen LogP contribution in [0, 0.1) is 0 Å². The molecule has 1 aromatic carbocycles. The van der Waals surface area contributed by atoms with E-state index in [0.717, 1.165) is 23.6 Å².